The molecule has 0 fully saturated rings. The van der Waals surface area contributed by atoms with Crippen molar-refractivity contribution in [2.24, 2.45) is 0 Å². The summed E-state index contributed by atoms with van der Waals surface area (Å²) >= 11 is 3.18. The molecule has 0 radical (unpaired) electrons. The summed E-state index contributed by atoms with van der Waals surface area (Å²) in [6, 6.07) is 14.0. The normalized spacial score (nSPS) is 11.2. The first-order valence-corrected chi connectivity index (χ1v) is 9.69. The van der Waals surface area contributed by atoms with E-state index >= 15 is 0 Å². The Bertz CT molecular complexity index is 1020. The van der Waals surface area contributed by atoms with E-state index in [0.29, 0.717) is 4.60 Å². The van der Waals surface area contributed by atoms with Gasteiger partial charge in [-0.05, 0) is 39.7 Å². The molecule has 0 amide bonds. The number of benzene rings is 2. The van der Waals surface area contributed by atoms with Gasteiger partial charge in [0.25, 0.3) is 15.9 Å². The minimum atomic E-state index is -4.04. The van der Waals surface area contributed by atoms with Crippen molar-refractivity contribution in [2.75, 3.05) is 4.72 Å². The molecule has 0 aliphatic heterocycles. The summed E-state index contributed by atoms with van der Waals surface area (Å²) < 4.78 is 46.5. The lowest BCUT2D eigenvalue weighted by atomic mass is 10.2. The molecule has 3 aromatic rings. The van der Waals surface area contributed by atoms with Gasteiger partial charge in [0, 0.05) is 0 Å². The zero-order valence-electron chi connectivity index (χ0n) is 13.3. The molecule has 134 valence electrons. The molecule has 0 bridgehead atoms. The molecule has 1 heterocycles. The van der Waals surface area contributed by atoms with Crippen LogP contribution in [0.4, 0.5) is 10.2 Å². The summed E-state index contributed by atoms with van der Waals surface area (Å²) in [5, 5.41) is 0. The van der Waals surface area contributed by atoms with Crippen LogP contribution in [0.1, 0.15) is 5.56 Å². The van der Waals surface area contributed by atoms with Crippen LogP contribution in [0.15, 0.2) is 70.3 Å². The van der Waals surface area contributed by atoms with Gasteiger partial charge in [-0.15, -0.1) is 0 Å². The van der Waals surface area contributed by atoms with Crippen LogP contribution >= 0.6 is 15.9 Å². The number of halogens is 2. The van der Waals surface area contributed by atoms with Gasteiger partial charge in [-0.1, -0.05) is 36.4 Å². The van der Waals surface area contributed by atoms with Gasteiger partial charge in [0.05, 0.1) is 11.1 Å². The van der Waals surface area contributed by atoms with Gasteiger partial charge in [-0.25, -0.2) is 22.8 Å². The summed E-state index contributed by atoms with van der Waals surface area (Å²) in [6.45, 7) is 0.181. The van der Waals surface area contributed by atoms with Crippen molar-refractivity contribution in [1.29, 1.82) is 0 Å². The number of nitrogens with one attached hydrogen (secondary N) is 1. The van der Waals surface area contributed by atoms with Gasteiger partial charge in [0.2, 0.25) is 5.82 Å². The maximum Gasteiger partial charge on any atom is 0.263 e. The van der Waals surface area contributed by atoms with Gasteiger partial charge in [-0.3, -0.25) is 4.72 Å². The molecule has 9 heteroatoms. The highest BCUT2D eigenvalue weighted by molar-refractivity contribution is 9.10. The lowest BCUT2D eigenvalue weighted by Gasteiger charge is -2.12. The van der Waals surface area contributed by atoms with E-state index < -0.39 is 15.8 Å². The van der Waals surface area contributed by atoms with E-state index in [9.17, 15) is 12.8 Å². The van der Waals surface area contributed by atoms with Crippen molar-refractivity contribution < 1.29 is 17.5 Å². The highest BCUT2D eigenvalue weighted by Crippen LogP contribution is 2.25. The molecule has 0 atom stereocenters. The van der Waals surface area contributed by atoms with Gasteiger partial charge in [-0.2, -0.15) is 0 Å². The number of hydrogen-bond donors (Lipinski definition) is 1. The first kappa shape index (κ1) is 18.3. The third kappa shape index (κ3) is 4.55. The fourth-order valence-corrected chi connectivity index (χ4v) is 3.37. The zero-order chi connectivity index (χ0) is 18.6. The third-order valence-electron chi connectivity index (χ3n) is 3.27. The van der Waals surface area contributed by atoms with E-state index in [0.717, 1.165) is 17.7 Å². The molecule has 0 spiro atoms. The molecule has 3 rings (SSSR count). The molecule has 0 aliphatic rings. The molecule has 1 aromatic heterocycles. The number of anilines is 1. The predicted octanol–water partition coefficient (Wildman–Crippen LogP) is 3.76. The molecule has 0 aliphatic carbocycles. The molecule has 1 N–H and O–H groups in total. The van der Waals surface area contributed by atoms with Crippen molar-refractivity contribution in [3.8, 4) is 5.88 Å². The Labute approximate surface area is 158 Å². The Morgan fingerprint density at radius 1 is 1.12 bits per heavy atom. The van der Waals surface area contributed by atoms with E-state index in [1.807, 2.05) is 30.3 Å². The molecule has 6 nitrogen and oxygen atoms in total. The van der Waals surface area contributed by atoms with Crippen LogP contribution in [-0.2, 0) is 16.6 Å². The Hall–Kier alpha value is -2.52. The summed E-state index contributed by atoms with van der Waals surface area (Å²) in [6.07, 6.45) is 1.33. The van der Waals surface area contributed by atoms with E-state index in [1.54, 1.807) is 0 Å². The summed E-state index contributed by atoms with van der Waals surface area (Å²) in [4.78, 5) is 7.89. The van der Waals surface area contributed by atoms with Crippen LogP contribution in [0.5, 0.6) is 5.88 Å². The lowest BCUT2D eigenvalue weighted by molar-refractivity contribution is 0.294. The predicted molar refractivity (Wildman–Crippen MR) is 97.7 cm³/mol. The molecule has 0 unspecified atom stereocenters. The maximum atomic E-state index is 13.3. The molecular formula is C17H13BrFN3O3S. The van der Waals surface area contributed by atoms with Crippen LogP contribution in [-0.4, -0.2) is 18.4 Å². The molecule has 0 saturated heterocycles. The van der Waals surface area contributed by atoms with Crippen LogP contribution in [0.25, 0.3) is 0 Å². The standard InChI is InChI=1S/C17H13BrFN3O3S/c18-15-10-20-16(17(21-15)25-11-12-5-2-1-3-6-12)22-26(23,24)14-8-4-7-13(19)9-14/h1-10H,11H2,(H,20,22). The third-order valence-corrected chi connectivity index (χ3v) is 4.99. The SMILES string of the molecule is O=S(=O)(Nc1ncc(Br)nc1OCc1ccccc1)c1cccc(F)c1. The quantitative estimate of drug-likeness (QED) is 0.634. The van der Waals surface area contributed by atoms with Gasteiger partial charge in [0.1, 0.15) is 17.0 Å². The number of hydrogen-bond acceptors (Lipinski definition) is 5. The highest BCUT2D eigenvalue weighted by atomic mass is 79.9. The van der Waals surface area contributed by atoms with E-state index in [2.05, 4.69) is 30.6 Å². The van der Waals surface area contributed by atoms with Crippen molar-refractivity contribution in [3.63, 3.8) is 0 Å². The number of aromatic nitrogens is 2. The summed E-state index contributed by atoms with van der Waals surface area (Å²) in [5.74, 6) is -0.744. The van der Waals surface area contributed by atoms with Crippen molar-refractivity contribution in [3.05, 3.63) is 76.8 Å². The second-order valence-electron chi connectivity index (χ2n) is 5.18. The van der Waals surface area contributed by atoms with Gasteiger partial charge >= 0.3 is 0 Å². The largest absolute Gasteiger partial charge is 0.470 e. The Morgan fingerprint density at radius 2 is 1.88 bits per heavy atom. The van der Waals surface area contributed by atoms with Gasteiger partial charge < -0.3 is 4.74 Å². The average molecular weight is 438 g/mol. The van der Waals surface area contributed by atoms with Gasteiger partial charge in [0.15, 0.2) is 0 Å². The number of nitrogens with zero attached hydrogens (tertiary/aromatic N) is 2. The first-order valence-electron chi connectivity index (χ1n) is 7.42. The maximum absolute atomic E-state index is 13.3. The fourth-order valence-electron chi connectivity index (χ4n) is 2.07. The van der Waals surface area contributed by atoms with Crippen molar-refractivity contribution in [2.45, 2.75) is 11.5 Å². The Morgan fingerprint density at radius 3 is 2.62 bits per heavy atom. The Balaban J connectivity index is 1.85. The second-order valence-corrected chi connectivity index (χ2v) is 7.68. The van der Waals surface area contributed by atoms with Crippen LogP contribution in [0, 0.1) is 5.82 Å². The summed E-state index contributed by atoms with van der Waals surface area (Å²) in [7, 11) is -4.04. The molecule has 2 aromatic carbocycles. The number of ether oxygens (including phenoxy) is 1. The average Bonchev–Trinajstić information content (AvgIpc) is 2.62. The monoisotopic (exact) mass is 437 g/mol. The molecule has 26 heavy (non-hydrogen) atoms. The van der Waals surface area contributed by atoms with Crippen molar-refractivity contribution in [1.82, 2.24) is 9.97 Å². The number of sulfonamides is 1. The first-order chi connectivity index (χ1) is 12.4. The lowest BCUT2D eigenvalue weighted by Crippen LogP contribution is -2.15. The number of rotatable bonds is 6. The highest BCUT2D eigenvalue weighted by Gasteiger charge is 2.19. The molecule has 0 saturated carbocycles. The summed E-state index contributed by atoms with van der Waals surface area (Å²) in [5.41, 5.74) is 0.883. The minimum Gasteiger partial charge on any atom is -0.470 e. The van der Waals surface area contributed by atoms with E-state index in [4.69, 9.17) is 4.74 Å². The van der Waals surface area contributed by atoms with Crippen molar-refractivity contribution >= 4 is 31.8 Å². The topological polar surface area (TPSA) is 81.2 Å². The Kier molecular flexibility index (Phi) is 5.48. The van der Waals surface area contributed by atoms with Crippen LogP contribution in [0.3, 0.4) is 0 Å². The minimum absolute atomic E-state index is 0.00297. The van der Waals surface area contributed by atoms with Crippen LogP contribution in [0.2, 0.25) is 0 Å². The fraction of sp³-hybridized carbons (Fsp3) is 0.0588. The van der Waals surface area contributed by atoms with Crippen LogP contribution < -0.4 is 9.46 Å². The smallest absolute Gasteiger partial charge is 0.263 e. The second kappa shape index (κ2) is 7.79. The zero-order valence-corrected chi connectivity index (χ0v) is 15.7. The molecular weight excluding hydrogens is 425 g/mol. The van der Waals surface area contributed by atoms with E-state index in [-0.39, 0.29) is 23.2 Å². The van der Waals surface area contributed by atoms with E-state index in [1.165, 1.54) is 18.3 Å².